The first-order valence-corrected chi connectivity index (χ1v) is 9.89. The lowest BCUT2D eigenvalue weighted by Gasteiger charge is -2.46. The molecule has 0 bridgehead atoms. The average molecular weight is 364 g/mol. The summed E-state index contributed by atoms with van der Waals surface area (Å²) in [5, 5.41) is 9.31. The van der Waals surface area contributed by atoms with Crippen LogP contribution in [0.25, 0.3) is 0 Å². The van der Waals surface area contributed by atoms with Crippen LogP contribution in [-0.2, 0) is 0 Å². The second-order valence-electron chi connectivity index (χ2n) is 7.90. The zero-order valence-corrected chi connectivity index (χ0v) is 16.4. The lowest BCUT2D eigenvalue weighted by molar-refractivity contribution is 0.0217. The van der Waals surface area contributed by atoms with Crippen molar-refractivity contribution in [1.29, 1.82) is 0 Å². The maximum Gasteiger partial charge on any atom is 0.257 e. The molecular weight excluding hydrogens is 330 g/mol. The molecule has 2 aliphatic heterocycles. The summed E-state index contributed by atoms with van der Waals surface area (Å²) in [5.41, 5.74) is 0.696. The van der Waals surface area contributed by atoms with E-state index in [1.165, 1.54) is 0 Å². The van der Waals surface area contributed by atoms with Crippen LogP contribution in [0.15, 0.2) is 10.5 Å². The fourth-order valence-electron chi connectivity index (χ4n) is 4.49. The highest BCUT2D eigenvalue weighted by Crippen LogP contribution is 2.28. The van der Waals surface area contributed by atoms with Gasteiger partial charge in [-0.15, -0.1) is 0 Å². The Labute approximate surface area is 156 Å². The molecule has 2 fully saturated rings. The molecule has 1 aromatic rings. The summed E-state index contributed by atoms with van der Waals surface area (Å²) >= 11 is 0. The van der Waals surface area contributed by atoms with Crippen LogP contribution in [0.4, 0.5) is 0 Å². The van der Waals surface area contributed by atoms with Crippen LogP contribution in [0.1, 0.15) is 41.1 Å². The molecule has 0 unspecified atom stereocenters. The fraction of sp³-hybridized carbons (Fsp3) is 0.750. The molecule has 2 atom stereocenters. The van der Waals surface area contributed by atoms with E-state index < -0.39 is 0 Å². The number of aliphatic hydroxyl groups excluding tert-OH is 1. The molecule has 3 heterocycles. The van der Waals surface area contributed by atoms with Gasteiger partial charge >= 0.3 is 0 Å². The number of likely N-dealkylation sites (tertiary alicyclic amines) is 1. The monoisotopic (exact) mass is 363 g/mol. The maximum atomic E-state index is 13.0. The molecule has 0 spiro atoms. The van der Waals surface area contributed by atoms with Crippen LogP contribution >= 0.6 is 0 Å². The molecule has 6 nitrogen and oxygen atoms in total. The maximum absolute atomic E-state index is 13.0. The second kappa shape index (κ2) is 8.55. The van der Waals surface area contributed by atoms with E-state index in [1.807, 2.05) is 24.8 Å². The molecule has 6 heteroatoms. The van der Waals surface area contributed by atoms with Crippen molar-refractivity contribution in [3.8, 4) is 0 Å². The van der Waals surface area contributed by atoms with Crippen LogP contribution in [-0.4, -0.2) is 84.7 Å². The number of aliphatic hydroxyl groups is 1. The van der Waals surface area contributed by atoms with E-state index in [-0.39, 0.29) is 12.5 Å². The number of aryl methyl sites for hydroxylation is 2. The lowest BCUT2D eigenvalue weighted by atomic mass is 9.86. The highest BCUT2D eigenvalue weighted by molar-refractivity contribution is 5.95. The molecule has 2 saturated heterocycles. The van der Waals surface area contributed by atoms with Gasteiger partial charge in [-0.25, -0.2) is 0 Å². The molecule has 26 heavy (non-hydrogen) atoms. The highest BCUT2D eigenvalue weighted by atomic mass is 16.3. The third kappa shape index (κ3) is 4.30. The van der Waals surface area contributed by atoms with Crippen LogP contribution in [0.2, 0.25) is 0 Å². The largest absolute Gasteiger partial charge is 0.466 e. The van der Waals surface area contributed by atoms with Crippen LogP contribution in [0.5, 0.6) is 0 Å². The van der Waals surface area contributed by atoms with Gasteiger partial charge in [-0.1, -0.05) is 0 Å². The van der Waals surface area contributed by atoms with Crippen molar-refractivity contribution in [1.82, 2.24) is 14.7 Å². The number of piperazine rings is 1. The zero-order chi connectivity index (χ0) is 18.7. The third-order valence-electron chi connectivity index (χ3n) is 5.99. The second-order valence-corrected chi connectivity index (χ2v) is 7.90. The molecule has 0 aliphatic carbocycles. The number of piperidine rings is 1. The number of hydrogen-bond donors (Lipinski definition) is 1. The van der Waals surface area contributed by atoms with Gasteiger partial charge in [0.05, 0.1) is 5.56 Å². The lowest BCUT2D eigenvalue weighted by Crippen LogP contribution is -2.57. The Bertz CT molecular complexity index is 607. The number of hydrogen-bond acceptors (Lipinski definition) is 5. The average Bonchev–Trinajstić information content (AvgIpc) is 2.98. The van der Waals surface area contributed by atoms with Gasteiger partial charge < -0.3 is 19.3 Å². The minimum atomic E-state index is 0.0881. The minimum absolute atomic E-state index is 0.0881. The Morgan fingerprint density at radius 2 is 1.96 bits per heavy atom. The summed E-state index contributed by atoms with van der Waals surface area (Å²) in [6, 6.07) is 2.37. The summed E-state index contributed by atoms with van der Waals surface area (Å²) in [6.07, 6.45) is 2.79. The topological polar surface area (TPSA) is 60.2 Å². The summed E-state index contributed by atoms with van der Waals surface area (Å²) < 4.78 is 5.55. The van der Waals surface area contributed by atoms with Crippen LogP contribution in [0.3, 0.4) is 0 Å². The minimum Gasteiger partial charge on any atom is -0.466 e. The highest BCUT2D eigenvalue weighted by Gasteiger charge is 2.36. The number of amides is 1. The van der Waals surface area contributed by atoms with Crippen molar-refractivity contribution in [2.45, 2.75) is 39.2 Å². The van der Waals surface area contributed by atoms with Crippen LogP contribution < -0.4 is 0 Å². The Balaban J connectivity index is 1.69. The number of carbonyl (C=O) groups is 1. The molecule has 1 amide bonds. The van der Waals surface area contributed by atoms with E-state index in [0.29, 0.717) is 23.3 Å². The van der Waals surface area contributed by atoms with Gasteiger partial charge in [0.15, 0.2) is 0 Å². The molecule has 0 saturated carbocycles. The van der Waals surface area contributed by atoms with Crippen molar-refractivity contribution < 1.29 is 14.3 Å². The van der Waals surface area contributed by atoms with Crippen molar-refractivity contribution in [2.24, 2.45) is 5.92 Å². The summed E-state index contributed by atoms with van der Waals surface area (Å²) in [5.74, 6) is 2.01. The normalized spacial score (nSPS) is 25.6. The molecule has 2 aliphatic rings. The van der Waals surface area contributed by atoms with Crippen molar-refractivity contribution in [2.75, 3.05) is 52.9 Å². The summed E-state index contributed by atoms with van der Waals surface area (Å²) in [4.78, 5) is 20.0. The molecule has 1 N–H and O–H groups in total. The predicted octanol–water partition coefficient (Wildman–Crippen LogP) is 1.75. The van der Waals surface area contributed by atoms with Gasteiger partial charge in [0.2, 0.25) is 0 Å². The van der Waals surface area contributed by atoms with Gasteiger partial charge in [-0.3, -0.25) is 9.69 Å². The number of furan rings is 1. The standard InChI is InChI=1S/C20H33N3O3/c1-15-13-18(16(2)26-15)20(25)23-7-6-19(17(14-23)5-4-12-24)22-10-8-21(3)9-11-22/h13,17,19,24H,4-12,14H2,1-3H3/t17-,19+/m0/s1. The number of likely N-dealkylation sites (N-methyl/N-ethyl adjacent to an activating group) is 1. The van der Waals surface area contributed by atoms with Gasteiger partial charge in [0.25, 0.3) is 5.91 Å². The number of rotatable bonds is 5. The molecule has 146 valence electrons. The smallest absolute Gasteiger partial charge is 0.257 e. The fourth-order valence-corrected chi connectivity index (χ4v) is 4.49. The zero-order valence-electron chi connectivity index (χ0n) is 16.4. The summed E-state index contributed by atoms with van der Waals surface area (Å²) in [7, 11) is 2.18. The molecule has 3 rings (SSSR count). The first kappa shape index (κ1) is 19.4. The Morgan fingerprint density at radius 3 is 2.58 bits per heavy atom. The molecular formula is C20H33N3O3. The van der Waals surface area contributed by atoms with Crippen LogP contribution in [0, 0.1) is 19.8 Å². The van der Waals surface area contributed by atoms with E-state index >= 15 is 0 Å². The van der Waals surface area contributed by atoms with Crippen molar-refractivity contribution >= 4 is 5.91 Å². The quantitative estimate of drug-likeness (QED) is 0.864. The van der Waals surface area contributed by atoms with Gasteiger partial charge in [-0.05, 0) is 52.1 Å². The Morgan fingerprint density at radius 1 is 1.23 bits per heavy atom. The van der Waals surface area contributed by atoms with E-state index in [0.717, 1.165) is 64.3 Å². The molecule has 0 radical (unpaired) electrons. The summed E-state index contributed by atoms with van der Waals surface area (Å²) in [6.45, 7) is 9.97. The Hall–Kier alpha value is -1.37. The number of carbonyl (C=O) groups excluding carboxylic acids is 1. The molecule has 1 aromatic heterocycles. The van der Waals surface area contributed by atoms with E-state index in [1.54, 1.807) is 0 Å². The van der Waals surface area contributed by atoms with E-state index in [2.05, 4.69) is 16.8 Å². The van der Waals surface area contributed by atoms with Gasteiger partial charge in [-0.2, -0.15) is 0 Å². The molecule has 0 aromatic carbocycles. The van der Waals surface area contributed by atoms with Crippen molar-refractivity contribution in [3.05, 3.63) is 23.2 Å². The van der Waals surface area contributed by atoms with Crippen molar-refractivity contribution in [3.63, 3.8) is 0 Å². The first-order valence-electron chi connectivity index (χ1n) is 9.89. The third-order valence-corrected chi connectivity index (χ3v) is 5.99. The van der Waals surface area contributed by atoms with Gasteiger partial charge in [0.1, 0.15) is 11.5 Å². The van der Waals surface area contributed by atoms with E-state index in [9.17, 15) is 9.90 Å². The SMILES string of the molecule is Cc1cc(C(=O)N2CC[C@@H](N3CCN(C)CC3)[C@@H](CCCO)C2)c(C)o1. The van der Waals surface area contributed by atoms with E-state index in [4.69, 9.17) is 4.42 Å². The predicted molar refractivity (Wildman–Crippen MR) is 101 cm³/mol. The number of nitrogens with zero attached hydrogens (tertiary/aromatic N) is 3. The Kier molecular flexibility index (Phi) is 6.37. The van der Waals surface area contributed by atoms with Gasteiger partial charge in [0, 0.05) is 51.9 Å². The first-order chi connectivity index (χ1) is 12.5.